The Hall–Kier alpha value is -0.530. The molecule has 1 aliphatic rings. The first-order valence-corrected chi connectivity index (χ1v) is 6.60. The van der Waals surface area contributed by atoms with Crippen LogP contribution in [0.2, 0.25) is 5.02 Å². The van der Waals surface area contributed by atoms with E-state index >= 15 is 0 Å². The molecule has 0 aliphatic heterocycles. The molecule has 1 aliphatic carbocycles. The van der Waals surface area contributed by atoms with Gasteiger partial charge in [0.25, 0.3) is 0 Å². The molecule has 0 fully saturated rings. The van der Waals surface area contributed by atoms with Gasteiger partial charge in [-0.05, 0) is 49.4 Å². The van der Waals surface area contributed by atoms with E-state index in [9.17, 15) is 0 Å². The minimum atomic E-state index is 0.606. The lowest BCUT2D eigenvalue weighted by molar-refractivity contribution is 0.433. The fourth-order valence-electron chi connectivity index (χ4n) is 2.62. The van der Waals surface area contributed by atoms with Crippen LogP contribution in [0.3, 0.4) is 0 Å². The lowest BCUT2D eigenvalue weighted by Crippen LogP contribution is -2.36. The molecular formula is C14H20ClN. The quantitative estimate of drug-likeness (QED) is 0.844. The molecule has 0 amide bonds. The fourth-order valence-corrected chi connectivity index (χ4v) is 2.82. The van der Waals surface area contributed by atoms with E-state index in [0.29, 0.717) is 12.1 Å². The molecule has 0 radical (unpaired) electrons. The Morgan fingerprint density at radius 1 is 1.38 bits per heavy atom. The summed E-state index contributed by atoms with van der Waals surface area (Å²) in [6, 6.07) is 7.51. The van der Waals surface area contributed by atoms with E-state index in [4.69, 9.17) is 11.6 Å². The van der Waals surface area contributed by atoms with E-state index in [0.717, 1.165) is 17.9 Å². The second kappa shape index (κ2) is 5.20. The predicted molar refractivity (Wildman–Crippen MR) is 70.2 cm³/mol. The molecule has 0 saturated heterocycles. The third kappa shape index (κ3) is 2.78. The van der Waals surface area contributed by atoms with Crippen LogP contribution in [-0.4, -0.2) is 12.1 Å². The molecule has 1 N–H and O–H groups in total. The normalized spacial score (nSPS) is 20.8. The molecule has 1 nitrogen and oxygen atoms in total. The maximum Gasteiger partial charge on any atom is 0.0408 e. The van der Waals surface area contributed by atoms with E-state index in [1.54, 1.807) is 0 Å². The molecule has 1 aromatic carbocycles. The van der Waals surface area contributed by atoms with Crippen molar-refractivity contribution in [1.29, 1.82) is 0 Å². The molecule has 0 spiro atoms. The summed E-state index contributed by atoms with van der Waals surface area (Å²) in [5, 5.41) is 4.57. The van der Waals surface area contributed by atoms with Gasteiger partial charge in [-0.1, -0.05) is 31.0 Å². The van der Waals surface area contributed by atoms with E-state index in [-0.39, 0.29) is 0 Å². The number of rotatable bonds is 4. The summed E-state index contributed by atoms with van der Waals surface area (Å²) in [5.74, 6) is 0. The Morgan fingerprint density at radius 2 is 2.12 bits per heavy atom. The first kappa shape index (κ1) is 11.9. The van der Waals surface area contributed by atoms with Crippen LogP contribution in [0.4, 0.5) is 0 Å². The lowest BCUT2D eigenvalue weighted by atomic mass is 10.1. The molecule has 1 aromatic rings. The number of hydrogen-bond donors (Lipinski definition) is 1. The van der Waals surface area contributed by atoms with E-state index < -0.39 is 0 Å². The van der Waals surface area contributed by atoms with Crippen molar-refractivity contribution in [3.05, 3.63) is 34.3 Å². The highest BCUT2D eigenvalue weighted by molar-refractivity contribution is 6.30. The van der Waals surface area contributed by atoms with Gasteiger partial charge in [-0.2, -0.15) is 0 Å². The summed E-state index contributed by atoms with van der Waals surface area (Å²) >= 11 is 6.01. The first-order valence-electron chi connectivity index (χ1n) is 6.22. The number of fused-ring (bicyclic) bond motifs is 1. The number of benzene rings is 1. The molecule has 0 heterocycles. The zero-order valence-electron chi connectivity index (χ0n) is 10.1. The first-order chi connectivity index (χ1) is 7.69. The van der Waals surface area contributed by atoms with Crippen LogP contribution in [-0.2, 0) is 12.8 Å². The maximum absolute atomic E-state index is 6.01. The van der Waals surface area contributed by atoms with Crippen LogP contribution in [0.25, 0.3) is 0 Å². The van der Waals surface area contributed by atoms with Crippen LogP contribution in [0, 0.1) is 0 Å². The van der Waals surface area contributed by atoms with E-state index in [1.165, 1.54) is 24.0 Å². The zero-order chi connectivity index (χ0) is 11.5. The van der Waals surface area contributed by atoms with Crippen molar-refractivity contribution in [3.63, 3.8) is 0 Å². The molecule has 0 saturated carbocycles. The minimum absolute atomic E-state index is 0.606. The highest BCUT2D eigenvalue weighted by Gasteiger charge is 2.22. The van der Waals surface area contributed by atoms with Gasteiger partial charge < -0.3 is 5.32 Å². The third-order valence-corrected chi connectivity index (χ3v) is 3.58. The van der Waals surface area contributed by atoms with Crippen molar-refractivity contribution < 1.29 is 0 Å². The predicted octanol–water partition coefficient (Wildman–Crippen LogP) is 3.59. The molecule has 16 heavy (non-hydrogen) atoms. The van der Waals surface area contributed by atoms with Gasteiger partial charge in [0.1, 0.15) is 0 Å². The second-order valence-electron chi connectivity index (χ2n) is 4.87. The fraction of sp³-hybridized carbons (Fsp3) is 0.571. The van der Waals surface area contributed by atoms with Crippen molar-refractivity contribution in [3.8, 4) is 0 Å². The summed E-state index contributed by atoms with van der Waals surface area (Å²) in [7, 11) is 0. The van der Waals surface area contributed by atoms with Gasteiger partial charge in [-0.15, -0.1) is 0 Å². The number of halogens is 1. The molecule has 2 rings (SSSR count). The van der Waals surface area contributed by atoms with Crippen LogP contribution in [0.5, 0.6) is 0 Å². The Kier molecular flexibility index (Phi) is 3.88. The van der Waals surface area contributed by atoms with Crippen LogP contribution >= 0.6 is 11.6 Å². The lowest BCUT2D eigenvalue weighted by Gasteiger charge is -2.18. The average molecular weight is 238 g/mol. The van der Waals surface area contributed by atoms with E-state index in [2.05, 4.69) is 31.3 Å². The molecule has 0 aromatic heterocycles. The average Bonchev–Trinajstić information content (AvgIpc) is 2.59. The van der Waals surface area contributed by atoms with Gasteiger partial charge in [0.15, 0.2) is 0 Å². The summed E-state index contributed by atoms with van der Waals surface area (Å²) in [5.41, 5.74) is 2.89. The number of hydrogen-bond acceptors (Lipinski definition) is 1. The summed E-state index contributed by atoms with van der Waals surface area (Å²) in [6.07, 6.45) is 4.79. The Labute approximate surface area is 103 Å². The van der Waals surface area contributed by atoms with Gasteiger partial charge in [0.05, 0.1) is 0 Å². The largest absolute Gasteiger partial charge is 0.311 e. The topological polar surface area (TPSA) is 12.0 Å². The molecular weight excluding hydrogens is 218 g/mol. The van der Waals surface area contributed by atoms with Gasteiger partial charge in [0, 0.05) is 17.1 Å². The Balaban J connectivity index is 1.95. The Morgan fingerprint density at radius 3 is 2.88 bits per heavy atom. The van der Waals surface area contributed by atoms with Crippen LogP contribution < -0.4 is 5.32 Å². The SMILES string of the molecule is CCC[C@H](C)NC1Cc2ccc(Cl)cc2C1. The van der Waals surface area contributed by atoms with Crippen molar-refractivity contribution in [1.82, 2.24) is 5.32 Å². The number of nitrogens with one attached hydrogen (secondary N) is 1. The Bertz CT molecular complexity index is 362. The highest BCUT2D eigenvalue weighted by Crippen LogP contribution is 2.25. The van der Waals surface area contributed by atoms with Gasteiger partial charge in [-0.25, -0.2) is 0 Å². The molecule has 0 bridgehead atoms. The molecule has 2 heteroatoms. The zero-order valence-corrected chi connectivity index (χ0v) is 10.8. The monoisotopic (exact) mass is 237 g/mol. The van der Waals surface area contributed by atoms with Crippen LogP contribution in [0.15, 0.2) is 18.2 Å². The van der Waals surface area contributed by atoms with Crippen molar-refractivity contribution >= 4 is 11.6 Å². The third-order valence-electron chi connectivity index (χ3n) is 3.34. The van der Waals surface area contributed by atoms with Crippen molar-refractivity contribution in [2.24, 2.45) is 0 Å². The van der Waals surface area contributed by atoms with Crippen molar-refractivity contribution in [2.75, 3.05) is 0 Å². The second-order valence-corrected chi connectivity index (χ2v) is 5.31. The van der Waals surface area contributed by atoms with Gasteiger partial charge >= 0.3 is 0 Å². The minimum Gasteiger partial charge on any atom is -0.311 e. The van der Waals surface area contributed by atoms with E-state index in [1.807, 2.05) is 6.07 Å². The standard InChI is InChI=1S/C14H20ClN/c1-3-4-10(2)16-14-8-11-5-6-13(15)7-12(11)9-14/h5-7,10,14,16H,3-4,8-9H2,1-2H3/t10-,14?/m0/s1. The molecule has 88 valence electrons. The summed E-state index contributed by atoms with van der Waals surface area (Å²) in [4.78, 5) is 0. The maximum atomic E-state index is 6.01. The summed E-state index contributed by atoms with van der Waals surface area (Å²) < 4.78 is 0. The van der Waals surface area contributed by atoms with Gasteiger partial charge in [-0.3, -0.25) is 0 Å². The van der Waals surface area contributed by atoms with Crippen LogP contribution in [0.1, 0.15) is 37.8 Å². The smallest absolute Gasteiger partial charge is 0.0408 e. The van der Waals surface area contributed by atoms with Crippen molar-refractivity contribution in [2.45, 2.75) is 51.6 Å². The van der Waals surface area contributed by atoms with Gasteiger partial charge in [0.2, 0.25) is 0 Å². The molecule has 2 atom stereocenters. The summed E-state index contributed by atoms with van der Waals surface area (Å²) in [6.45, 7) is 4.51. The molecule has 1 unspecified atom stereocenters. The highest BCUT2D eigenvalue weighted by atomic mass is 35.5.